The molecular formula is C29H24P2. The van der Waals surface area contributed by atoms with E-state index in [1.165, 1.54) is 38.2 Å². The molecule has 5 rings (SSSR count). The lowest BCUT2D eigenvalue weighted by Crippen LogP contribution is -2.11. The van der Waals surface area contributed by atoms with Gasteiger partial charge in [0, 0.05) is 16.5 Å². The highest BCUT2D eigenvalue weighted by Gasteiger charge is 2.20. The van der Waals surface area contributed by atoms with E-state index in [-0.39, 0.29) is 0 Å². The molecule has 0 nitrogen and oxygen atoms in total. The first kappa shape index (κ1) is 20.0. The van der Waals surface area contributed by atoms with Crippen molar-refractivity contribution in [3.8, 4) is 21.7 Å². The largest absolute Gasteiger partial charge is 0.104 e. The Bertz CT molecular complexity index is 1130. The highest BCUT2D eigenvalue weighted by atomic mass is 31.2. The van der Waals surface area contributed by atoms with Gasteiger partial charge in [0.15, 0.2) is 0 Å². The first-order valence-corrected chi connectivity index (χ1v) is 13.6. The Kier molecular flexibility index (Phi) is 6.13. The third-order valence-corrected chi connectivity index (χ3v) is 11.6. The second-order valence-corrected chi connectivity index (χ2v) is 12.3. The molecule has 0 aliphatic heterocycles. The van der Waals surface area contributed by atoms with Crippen molar-refractivity contribution in [1.82, 2.24) is 0 Å². The number of benzene rings is 4. The van der Waals surface area contributed by atoms with Gasteiger partial charge in [-0.15, -0.1) is 7.53 Å². The van der Waals surface area contributed by atoms with Gasteiger partial charge in [-0.25, -0.2) is 0 Å². The molecule has 4 aromatic carbocycles. The number of hydrogen-bond acceptors (Lipinski definition) is 0. The van der Waals surface area contributed by atoms with Crippen LogP contribution in [0.5, 0.6) is 0 Å². The van der Waals surface area contributed by atoms with E-state index in [4.69, 9.17) is 0 Å². The van der Waals surface area contributed by atoms with Crippen molar-refractivity contribution < 1.29 is 0 Å². The van der Waals surface area contributed by atoms with Gasteiger partial charge >= 0.3 is 0 Å². The fourth-order valence-corrected chi connectivity index (χ4v) is 10.7. The van der Waals surface area contributed by atoms with Crippen LogP contribution in [0.4, 0.5) is 0 Å². The summed E-state index contributed by atoms with van der Waals surface area (Å²) >= 11 is 0. The minimum atomic E-state index is -0.460. The average Bonchev–Trinajstić information content (AvgIpc) is 3.28. The lowest BCUT2D eigenvalue weighted by Gasteiger charge is -2.21. The zero-order chi connectivity index (χ0) is 20.9. The molecule has 0 unspecified atom stereocenters. The maximum Gasteiger partial charge on any atom is 0.0155 e. The molecule has 0 amide bonds. The van der Waals surface area contributed by atoms with Gasteiger partial charge in [0.1, 0.15) is 0 Å². The molecule has 0 fully saturated rings. The Labute approximate surface area is 187 Å². The Balaban J connectivity index is 1.66. The van der Waals surface area contributed by atoms with Crippen LogP contribution in [0.25, 0.3) is 21.7 Å². The molecule has 0 spiro atoms. The average molecular weight is 434 g/mol. The molecule has 5 aromatic rings. The molecule has 0 saturated carbocycles. The Morgan fingerprint density at radius 1 is 0.419 bits per heavy atom. The van der Waals surface area contributed by atoms with Crippen LogP contribution >= 0.6 is 15.5 Å². The van der Waals surface area contributed by atoms with Crippen molar-refractivity contribution >= 4 is 26.1 Å². The van der Waals surface area contributed by atoms with Crippen molar-refractivity contribution in [1.29, 1.82) is 0 Å². The smallest absolute Gasteiger partial charge is 0.0155 e. The van der Waals surface area contributed by atoms with Crippen LogP contribution in [-0.2, 0) is 5.90 Å². The monoisotopic (exact) mass is 434 g/mol. The van der Waals surface area contributed by atoms with Gasteiger partial charge in [0.2, 0.25) is 0 Å². The molecule has 150 valence electrons. The second kappa shape index (κ2) is 9.49. The second-order valence-electron chi connectivity index (χ2n) is 7.50. The van der Waals surface area contributed by atoms with E-state index >= 15 is 0 Å². The highest BCUT2D eigenvalue weighted by molar-refractivity contribution is 7.81. The molecule has 0 saturated heterocycles. The van der Waals surface area contributed by atoms with Crippen LogP contribution < -0.4 is 10.6 Å². The molecule has 0 aliphatic rings. The zero-order valence-electron chi connectivity index (χ0n) is 17.3. The van der Waals surface area contributed by atoms with E-state index in [0.717, 1.165) is 0 Å². The van der Waals surface area contributed by atoms with E-state index in [2.05, 4.69) is 133 Å². The molecule has 31 heavy (non-hydrogen) atoms. The fraction of sp³-hybridized carbons (Fsp3) is 0.0345. The lowest BCUT2D eigenvalue weighted by molar-refractivity contribution is 1.69. The Morgan fingerprint density at radius 2 is 0.774 bits per heavy atom. The summed E-state index contributed by atoms with van der Waals surface area (Å²) in [5.74, 6) is 1.17. The molecule has 0 N–H and O–H groups in total. The molecule has 1 heterocycles. The maximum absolute atomic E-state index is 2.37. The molecule has 1 aromatic heterocycles. The van der Waals surface area contributed by atoms with Gasteiger partial charge in [0.25, 0.3) is 0 Å². The first-order valence-electron chi connectivity index (χ1n) is 10.6. The van der Waals surface area contributed by atoms with Gasteiger partial charge in [-0.1, -0.05) is 121 Å². The predicted molar refractivity (Wildman–Crippen MR) is 139 cm³/mol. The van der Waals surface area contributed by atoms with E-state index in [9.17, 15) is 0 Å². The van der Waals surface area contributed by atoms with E-state index in [1.54, 1.807) is 0 Å². The van der Waals surface area contributed by atoms with Crippen LogP contribution in [0.2, 0.25) is 0 Å². The minimum absolute atomic E-state index is 0.449. The van der Waals surface area contributed by atoms with E-state index in [0.29, 0.717) is 0 Å². The van der Waals surface area contributed by atoms with E-state index < -0.39 is 15.5 Å². The SMILES string of the molecule is c1ccc(-c2ccc(-c3ccccc3)p2CP(c2ccccc2)c2ccccc2)cc1. The summed E-state index contributed by atoms with van der Waals surface area (Å²) in [6.45, 7) is 0. The van der Waals surface area contributed by atoms with Gasteiger partial charge in [0.05, 0.1) is 0 Å². The molecule has 0 atom stereocenters. The van der Waals surface area contributed by atoms with Crippen LogP contribution in [0.1, 0.15) is 0 Å². The lowest BCUT2D eigenvalue weighted by atomic mass is 10.2. The van der Waals surface area contributed by atoms with Crippen molar-refractivity contribution in [2.45, 2.75) is 5.90 Å². The van der Waals surface area contributed by atoms with Crippen LogP contribution in [-0.4, -0.2) is 0 Å². The summed E-state index contributed by atoms with van der Waals surface area (Å²) in [6.07, 6.45) is 0. The first-order chi connectivity index (χ1) is 15.4. The fourth-order valence-electron chi connectivity index (χ4n) is 4.01. The summed E-state index contributed by atoms with van der Waals surface area (Å²) in [5, 5.41) is 5.90. The highest BCUT2D eigenvalue weighted by Crippen LogP contribution is 2.58. The molecule has 0 aliphatic carbocycles. The number of hydrogen-bond donors (Lipinski definition) is 0. The number of rotatable bonds is 6. The Hall–Kier alpha value is -2.91. The van der Waals surface area contributed by atoms with E-state index in [1.807, 2.05) is 0 Å². The van der Waals surface area contributed by atoms with Crippen molar-refractivity contribution in [3.63, 3.8) is 0 Å². The predicted octanol–water partition coefficient (Wildman–Crippen LogP) is 8.10. The summed E-state index contributed by atoms with van der Waals surface area (Å²) in [5.41, 5.74) is 2.71. The summed E-state index contributed by atoms with van der Waals surface area (Å²) in [7, 11) is -0.909. The van der Waals surface area contributed by atoms with Crippen LogP contribution in [0.3, 0.4) is 0 Å². The molecule has 0 radical (unpaired) electrons. The summed E-state index contributed by atoms with van der Waals surface area (Å²) in [6, 6.07) is 48.8. The van der Waals surface area contributed by atoms with Crippen molar-refractivity contribution in [2.24, 2.45) is 0 Å². The third kappa shape index (κ3) is 4.42. The van der Waals surface area contributed by atoms with Crippen molar-refractivity contribution in [2.75, 3.05) is 0 Å². The van der Waals surface area contributed by atoms with Gasteiger partial charge in [-0.05, 0) is 41.8 Å². The quantitative estimate of drug-likeness (QED) is 0.237. The summed E-state index contributed by atoms with van der Waals surface area (Å²) in [4.78, 5) is 0. The van der Waals surface area contributed by atoms with Crippen LogP contribution in [0, 0.1) is 0 Å². The van der Waals surface area contributed by atoms with Gasteiger partial charge < -0.3 is 0 Å². The molecule has 0 bridgehead atoms. The van der Waals surface area contributed by atoms with Crippen LogP contribution in [0.15, 0.2) is 133 Å². The third-order valence-electron chi connectivity index (χ3n) is 5.54. The minimum Gasteiger partial charge on any atom is -0.104 e. The Morgan fingerprint density at radius 3 is 1.16 bits per heavy atom. The van der Waals surface area contributed by atoms with Gasteiger partial charge in [-0.2, -0.15) is 0 Å². The molecule has 2 heteroatoms. The topological polar surface area (TPSA) is 0 Å². The molecular weight excluding hydrogens is 410 g/mol. The van der Waals surface area contributed by atoms with Gasteiger partial charge in [-0.3, -0.25) is 0 Å². The summed E-state index contributed by atoms with van der Waals surface area (Å²) < 4.78 is 0. The van der Waals surface area contributed by atoms with Crippen molar-refractivity contribution in [3.05, 3.63) is 133 Å². The zero-order valence-corrected chi connectivity index (χ0v) is 19.1. The maximum atomic E-state index is 2.37. The standard InChI is InChI=1S/C29H24P2/c1-5-13-24(14-6-1)28-21-22-29(25-15-7-2-8-16-25)31(28)23-30(26-17-9-3-10-18-26)27-19-11-4-12-20-27/h1-22H,23H2. The normalized spacial score (nSPS) is 11.0.